The minimum atomic E-state index is -3.06. The molecule has 0 aromatic heterocycles. The molecule has 0 radical (unpaired) electrons. The number of piperidine rings is 1. The molecule has 0 aliphatic carbocycles. The summed E-state index contributed by atoms with van der Waals surface area (Å²) in [5, 5.41) is 0. The van der Waals surface area contributed by atoms with E-state index in [1.807, 2.05) is 13.8 Å². The molecule has 14 heavy (non-hydrogen) atoms. The normalized spacial score (nSPS) is 25.6. The lowest BCUT2D eigenvalue weighted by atomic mass is 10.1. The van der Waals surface area contributed by atoms with Gasteiger partial charge in [0.1, 0.15) is 0 Å². The van der Waals surface area contributed by atoms with E-state index >= 15 is 0 Å². The van der Waals surface area contributed by atoms with Crippen LogP contribution in [0.2, 0.25) is 0 Å². The van der Waals surface area contributed by atoms with Gasteiger partial charge in [-0.25, -0.2) is 12.7 Å². The maximum absolute atomic E-state index is 11.8. The van der Waals surface area contributed by atoms with Crippen LogP contribution in [-0.2, 0) is 10.0 Å². The molecule has 0 bridgehead atoms. The molecule has 84 valence electrons. The average Bonchev–Trinajstić information content (AvgIpc) is 2.01. The van der Waals surface area contributed by atoms with Crippen molar-refractivity contribution in [2.75, 3.05) is 18.8 Å². The first-order valence-corrected chi connectivity index (χ1v) is 6.76. The van der Waals surface area contributed by atoms with E-state index in [1.54, 1.807) is 4.31 Å². The molecular formula is C9H20N2O2S. The number of nitrogens with zero attached hydrogens (tertiary/aromatic N) is 1. The fourth-order valence-electron chi connectivity index (χ4n) is 1.75. The van der Waals surface area contributed by atoms with E-state index in [1.165, 1.54) is 0 Å². The Balaban J connectivity index is 2.62. The topological polar surface area (TPSA) is 63.4 Å². The van der Waals surface area contributed by atoms with Crippen LogP contribution < -0.4 is 5.73 Å². The van der Waals surface area contributed by atoms with E-state index in [4.69, 9.17) is 5.73 Å². The Bertz CT molecular complexity index is 275. The van der Waals surface area contributed by atoms with Crippen molar-refractivity contribution in [1.82, 2.24) is 4.31 Å². The van der Waals surface area contributed by atoms with E-state index in [0.717, 1.165) is 12.8 Å². The van der Waals surface area contributed by atoms with Gasteiger partial charge in [-0.15, -0.1) is 0 Å². The van der Waals surface area contributed by atoms with Gasteiger partial charge in [0.15, 0.2) is 0 Å². The predicted molar refractivity (Wildman–Crippen MR) is 57.4 cm³/mol. The molecule has 1 saturated heterocycles. The third kappa shape index (κ3) is 3.22. The van der Waals surface area contributed by atoms with Crippen LogP contribution in [0.15, 0.2) is 0 Å². The van der Waals surface area contributed by atoms with Gasteiger partial charge in [-0.3, -0.25) is 0 Å². The van der Waals surface area contributed by atoms with Gasteiger partial charge in [0, 0.05) is 19.1 Å². The summed E-state index contributed by atoms with van der Waals surface area (Å²) in [7, 11) is -3.06. The summed E-state index contributed by atoms with van der Waals surface area (Å²) in [6, 6.07) is 0.0192. The van der Waals surface area contributed by atoms with Crippen LogP contribution in [0.1, 0.15) is 26.7 Å². The van der Waals surface area contributed by atoms with E-state index in [0.29, 0.717) is 13.1 Å². The van der Waals surface area contributed by atoms with Crippen molar-refractivity contribution in [2.45, 2.75) is 32.7 Å². The van der Waals surface area contributed by atoms with Gasteiger partial charge in [0.05, 0.1) is 5.75 Å². The minimum absolute atomic E-state index is 0.0192. The molecule has 1 heterocycles. The van der Waals surface area contributed by atoms with Gasteiger partial charge in [0.2, 0.25) is 10.0 Å². The molecule has 0 saturated carbocycles. The molecule has 0 unspecified atom stereocenters. The Morgan fingerprint density at radius 1 is 1.50 bits per heavy atom. The van der Waals surface area contributed by atoms with Gasteiger partial charge < -0.3 is 5.73 Å². The quantitative estimate of drug-likeness (QED) is 0.748. The molecule has 0 spiro atoms. The number of hydrogen-bond donors (Lipinski definition) is 1. The maximum atomic E-state index is 11.8. The lowest BCUT2D eigenvalue weighted by Gasteiger charge is -2.30. The van der Waals surface area contributed by atoms with E-state index in [9.17, 15) is 8.42 Å². The largest absolute Gasteiger partial charge is 0.327 e. The van der Waals surface area contributed by atoms with Crippen molar-refractivity contribution >= 4 is 10.0 Å². The fraction of sp³-hybridized carbons (Fsp3) is 1.00. The third-order valence-electron chi connectivity index (χ3n) is 2.36. The molecule has 0 aromatic carbocycles. The highest BCUT2D eigenvalue weighted by Crippen LogP contribution is 2.14. The molecule has 0 amide bonds. The van der Waals surface area contributed by atoms with Crippen LogP contribution in [0.3, 0.4) is 0 Å². The maximum Gasteiger partial charge on any atom is 0.214 e. The smallest absolute Gasteiger partial charge is 0.214 e. The first-order chi connectivity index (χ1) is 6.42. The first-order valence-electron chi connectivity index (χ1n) is 5.15. The molecule has 1 fully saturated rings. The van der Waals surface area contributed by atoms with Crippen molar-refractivity contribution in [3.8, 4) is 0 Å². The second kappa shape index (κ2) is 4.59. The van der Waals surface area contributed by atoms with E-state index in [2.05, 4.69) is 0 Å². The van der Waals surface area contributed by atoms with Gasteiger partial charge in [-0.05, 0) is 18.8 Å². The van der Waals surface area contributed by atoms with Crippen LogP contribution in [0.4, 0.5) is 0 Å². The van der Waals surface area contributed by atoms with Crippen molar-refractivity contribution in [3.63, 3.8) is 0 Å². The van der Waals surface area contributed by atoms with Crippen LogP contribution >= 0.6 is 0 Å². The number of sulfonamides is 1. The molecule has 1 atom stereocenters. The van der Waals surface area contributed by atoms with Crippen molar-refractivity contribution in [3.05, 3.63) is 0 Å². The summed E-state index contributed by atoms with van der Waals surface area (Å²) in [5.74, 6) is 0.415. The van der Waals surface area contributed by atoms with E-state index in [-0.39, 0.29) is 17.7 Å². The molecule has 2 N–H and O–H groups in total. The molecule has 4 nitrogen and oxygen atoms in total. The minimum Gasteiger partial charge on any atom is -0.327 e. The van der Waals surface area contributed by atoms with Crippen molar-refractivity contribution in [1.29, 1.82) is 0 Å². The zero-order valence-electron chi connectivity index (χ0n) is 8.94. The summed E-state index contributed by atoms with van der Waals surface area (Å²) in [6.07, 6.45) is 1.83. The highest BCUT2D eigenvalue weighted by Gasteiger charge is 2.27. The summed E-state index contributed by atoms with van der Waals surface area (Å²) < 4.78 is 25.2. The first kappa shape index (κ1) is 11.9. The molecule has 1 aliphatic heterocycles. The van der Waals surface area contributed by atoms with E-state index < -0.39 is 10.0 Å². The van der Waals surface area contributed by atoms with Gasteiger partial charge in [-0.1, -0.05) is 13.8 Å². The highest BCUT2D eigenvalue weighted by atomic mass is 32.2. The average molecular weight is 220 g/mol. The lowest BCUT2D eigenvalue weighted by Crippen LogP contribution is -2.46. The summed E-state index contributed by atoms with van der Waals surface area (Å²) in [6.45, 7) is 4.97. The predicted octanol–water partition coefficient (Wildman–Crippen LogP) is 0.395. The Morgan fingerprint density at radius 2 is 2.14 bits per heavy atom. The van der Waals surface area contributed by atoms with Gasteiger partial charge in [0.25, 0.3) is 0 Å². The summed E-state index contributed by atoms with van der Waals surface area (Å²) >= 11 is 0. The summed E-state index contributed by atoms with van der Waals surface area (Å²) in [5.41, 5.74) is 5.75. The van der Waals surface area contributed by atoms with Crippen LogP contribution in [-0.4, -0.2) is 37.6 Å². The van der Waals surface area contributed by atoms with Crippen LogP contribution in [0.25, 0.3) is 0 Å². The third-order valence-corrected chi connectivity index (χ3v) is 4.56. The van der Waals surface area contributed by atoms with Gasteiger partial charge in [-0.2, -0.15) is 0 Å². The van der Waals surface area contributed by atoms with Crippen LogP contribution in [0.5, 0.6) is 0 Å². The standard InChI is InChI=1S/C9H20N2O2S/c1-8(2)7-14(12,13)11-5-3-4-9(10)6-11/h8-9H,3-7,10H2,1-2H3/t9-/m0/s1. The Hall–Kier alpha value is -0.130. The Labute approximate surface area is 86.5 Å². The second-order valence-electron chi connectivity index (χ2n) is 4.43. The Kier molecular flexibility index (Phi) is 3.92. The SMILES string of the molecule is CC(C)CS(=O)(=O)N1CCC[C@H](N)C1. The van der Waals surface area contributed by atoms with Crippen molar-refractivity contribution < 1.29 is 8.42 Å². The lowest BCUT2D eigenvalue weighted by molar-refractivity contribution is 0.314. The number of hydrogen-bond acceptors (Lipinski definition) is 3. The van der Waals surface area contributed by atoms with Gasteiger partial charge >= 0.3 is 0 Å². The second-order valence-corrected chi connectivity index (χ2v) is 6.45. The molecule has 1 aliphatic rings. The molecule has 0 aromatic rings. The highest BCUT2D eigenvalue weighted by molar-refractivity contribution is 7.89. The van der Waals surface area contributed by atoms with Crippen LogP contribution in [0, 0.1) is 5.92 Å². The monoisotopic (exact) mass is 220 g/mol. The van der Waals surface area contributed by atoms with Crippen molar-refractivity contribution in [2.24, 2.45) is 11.7 Å². The number of rotatable bonds is 3. The zero-order chi connectivity index (χ0) is 10.8. The molecular weight excluding hydrogens is 200 g/mol. The number of nitrogens with two attached hydrogens (primary N) is 1. The fourth-order valence-corrected chi connectivity index (χ4v) is 3.63. The Morgan fingerprint density at radius 3 is 2.64 bits per heavy atom. The molecule has 5 heteroatoms. The molecule has 1 rings (SSSR count). The summed E-state index contributed by atoms with van der Waals surface area (Å²) in [4.78, 5) is 0. The zero-order valence-corrected chi connectivity index (χ0v) is 9.76.